The van der Waals surface area contributed by atoms with Crippen molar-refractivity contribution in [2.45, 2.75) is 0 Å². The highest BCUT2D eigenvalue weighted by atomic mass is 16.5. The van der Waals surface area contributed by atoms with E-state index in [4.69, 9.17) is 14.7 Å². The summed E-state index contributed by atoms with van der Waals surface area (Å²) < 4.78 is 10.3. The standard InChI is InChI=1S/C16H15N3O3/c1-21-13-6-7-15(22-2)14(9-13)19-16(20)18-12-5-3-4-11(8-12)10-17/h3-9H,1-2H3,(H2,18,19,20). The van der Waals surface area contributed by atoms with Crippen molar-refractivity contribution in [3.63, 3.8) is 0 Å². The Balaban J connectivity index is 2.13. The van der Waals surface area contributed by atoms with Crippen LogP contribution in [0.15, 0.2) is 42.5 Å². The first kappa shape index (κ1) is 15.2. The molecule has 0 bridgehead atoms. The number of benzene rings is 2. The lowest BCUT2D eigenvalue weighted by Gasteiger charge is -2.12. The van der Waals surface area contributed by atoms with E-state index in [2.05, 4.69) is 10.6 Å². The first-order valence-electron chi connectivity index (χ1n) is 6.46. The van der Waals surface area contributed by atoms with E-state index in [-0.39, 0.29) is 0 Å². The summed E-state index contributed by atoms with van der Waals surface area (Å²) in [6.45, 7) is 0. The Labute approximate surface area is 128 Å². The summed E-state index contributed by atoms with van der Waals surface area (Å²) in [4.78, 5) is 12.0. The maximum atomic E-state index is 12.0. The Morgan fingerprint density at radius 1 is 1.09 bits per heavy atom. The minimum Gasteiger partial charge on any atom is -0.497 e. The Hall–Kier alpha value is -3.20. The second-order valence-electron chi connectivity index (χ2n) is 4.34. The molecule has 6 heteroatoms. The Morgan fingerprint density at radius 2 is 1.91 bits per heavy atom. The Bertz CT molecular complexity index is 723. The number of urea groups is 1. The molecule has 112 valence electrons. The molecule has 0 unspecified atom stereocenters. The van der Waals surface area contributed by atoms with Crippen LogP contribution in [0.5, 0.6) is 11.5 Å². The van der Waals surface area contributed by atoms with Crippen molar-refractivity contribution in [1.29, 1.82) is 5.26 Å². The molecule has 2 rings (SSSR count). The van der Waals surface area contributed by atoms with E-state index in [1.165, 1.54) is 7.11 Å². The van der Waals surface area contributed by atoms with E-state index in [0.29, 0.717) is 28.4 Å². The normalized spacial score (nSPS) is 9.50. The summed E-state index contributed by atoms with van der Waals surface area (Å²) >= 11 is 0. The van der Waals surface area contributed by atoms with Crippen LogP contribution in [0.2, 0.25) is 0 Å². The summed E-state index contributed by atoms with van der Waals surface area (Å²) in [6, 6.07) is 13.3. The number of carbonyl (C=O) groups is 1. The van der Waals surface area contributed by atoms with Gasteiger partial charge >= 0.3 is 6.03 Å². The van der Waals surface area contributed by atoms with Crippen LogP contribution in [-0.2, 0) is 0 Å². The lowest BCUT2D eigenvalue weighted by Crippen LogP contribution is -2.19. The summed E-state index contributed by atoms with van der Waals surface area (Å²) in [6.07, 6.45) is 0. The highest BCUT2D eigenvalue weighted by Crippen LogP contribution is 2.29. The van der Waals surface area contributed by atoms with Gasteiger partial charge in [0.25, 0.3) is 0 Å². The Morgan fingerprint density at radius 3 is 2.59 bits per heavy atom. The number of anilines is 2. The monoisotopic (exact) mass is 297 g/mol. The predicted octanol–water partition coefficient (Wildman–Crippen LogP) is 3.22. The average Bonchev–Trinajstić information content (AvgIpc) is 2.54. The van der Waals surface area contributed by atoms with Gasteiger partial charge in [-0.2, -0.15) is 5.26 Å². The SMILES string of the molecule is COc1ccc(OC)c(NC(=O)Nc2cccc(C#N)c2)c1. The van der Waals surface area contributed by atoms with Crippen molar-refractivity contribution in [1.82, 2.24) is 0 Å². The second-order valence-corrected chi connectivity index (χ2v) is 4.34. The van der Waals surface area contributed by atoms with Gasteiger partial charge in [-0.05, 0) is 30.3 Å². The van der Waals surface area contributed by atoms with Crippen LogP contribution in [0.4, 0.5) is 16.2 Å². The summed E-state index contributed by atoms with van der Waals surface area (Å²) in [7, 11) is 3.06. The third kappa shape index (κ3) is 3.67. The van der Waals surface area contributed by atoms with Gasteiger partial charge < -0.3 is 20.1 Å². The van der Waals surface area contributed by atoms with Crippen LogP contribution in [0.3, 0.4) is 0 Å². The highest BCUT2D eigenvalue weighted by Gasteiger charge is 2.09. The van der Waals surface area contributed by atoms with Crippen LogP contribution in [0.1, 0.15) is 5.56 Å². The molecular formula is C16H15N3O3. The molecule has 2 aromatic carbocycles. The van der Waals surface area contributed by atoms with Crippen molar-refractivity contribution in [2.24, 2.45) is 0 Å². The minimum atomic E-state index is -0.443. The van der Waals surface area contributed by atoms with Crippen molar-refractivity contribution < 1.29 is 14.3 Å². The van der Waals surface area contributed by atoms with E-state index >= 15 is 0 Å². The number of rotatable bonds is 4. The number of methoxy groups -OCH3 is 2. The van der Waals surface area contributed by atoms with Crippen molar-refractivity contribution in [2.75, 3.05) is 24.9 Å². The molecule has 0 aromatic heterocycles. The number of carbonyl (C=O) groups excluding carboxylic acids is 1. The topological polar surface area (TPSA) is 83.4 Å². The zero-order valence-electron chi connectivity index (χ0n) is 12.2. The van der Waals surface area contributed by atoms with Gasteiger partial charge in [0.1, 0.15) is 11.5 Å². The van der Waals surface area contributed by atoms with Gasteiger partial charge in [-0.3, -0.25) is 0 Å². The fourth-order valence-electron chi connectivity index (χ4n) is 1.86. The van der Waals surface area contributed by atoms with E-state index in [1.54, 1.807) is 49.6 Å². The molecule has 0 aliphatic carbocycles. The largest absolute Gasteiger partial charge is 0.497 e. The van der Waals surface area contributed by atoms with Crippen molar-refractivity contribution in [3.05, 3.63) is 48.0 Å². The summed E-state index contributed by atoms with van der Waals surface area (Å²) in [5.74, 6) is 1.12. The molecule has 0 aliphatic heterocycles. The average molecular weight is 297 g/mol. The highest BCUT2D eigenvalue weighted by molar-refractivity contribution is 6.00. The molecular weight excluding hydrogens is 282 g/mol. The van der Waals surface area contributed by atoms with Crippen LogP contribution >= 0.6 is 0 Å². The van der Waals surface area contributed by atoms with Crippen LogP contribution in [0, 0.1) is 11.3 Å². The number of hydrogen-bond acceptors (Lipinski definition) is 4. The number of nitrogens with one attached hydrogen (secondary N) is 2. The molecule has 2 aromatic rings. The van der Waals surface area contributed by atoms with E-state index in [9.17, 15) is 4.79 Å². The third-order valence-electron chi connectivity index (χ3n) is 2.90. The molecule has 22 heavy (non-hydrogen) atoms. The summed E-state index contributed by atoms with van der Waals surface area (Å²) in [5.41, 5.74) is 1.48. The van der Waals surface area contributed by atoms with Gasteiger partial charge in [0.15, 0.2) is 0 Å². The zero-order chi connectivity index (χ0) is 15.9. The molecule has 2 N–H and O–H groups in total. The predicted molar refractivity (Wildman–Crippen MR) is 83.3 cm³/mol. The van der Waals surface area contributed by atoms with Crippen LogP contribution in [0.25, 0.3) is 0 Å². The number of nitriles is 1. The van der Waals surface area contributed by atoms with E-state index in [1.807, 2.05) is 6.07 Å². The molecule has 0 atom stereocenters. The first-order valence-corrected chi connectivity index (χ1v) is 6.46. The van der Waals surface area contributed by atoms with Crippen LogP contribution in [-0.4, -0.2) is 20.3 Å². The van der Waals surface area contributed by atoms with Crippen molar-refractivity contribution >= 4 is 17.4 Å². The molecule has 0 saturated heterocycles. The minimum absolute atomic E-state index is 0.443. The van der Waals surface area contributed by atoms with Gasteiger partial charge in [-0.25, -0.2) is 4.79 Å². The molecule has 0 radical (unpaired) electrons. The maximum Gasteiger partial charge on any atom is 0.323 e. The van der Waals surface area contributed by atoms with Crippen molar-refractivity contribution in [3.8, 4) is 17.6 Å². The molecule has 6 nitrogen and oxygen atoms in total. The molecule has 0 saturated carbocycles. The maximum absolute atomic E-state index is 12.0. The fraction of sp³-hybridized carbons (Fsp3) is 0.125. The van der Waals surface area contributed by atoms with Gasteiger partial charge in [0, 0.05) is 11.8 Å². The molecule has 0 heterocycles. The quantitative estimate of drug-likeness (QED) is 0.907. The number of nitrogens with zero attached hydrogens (tertiary/aromatic N) is 1. The lowest BCUT2D eigenvalue weighted by molar-refractivity contribution is 0.262. The Kier molecular flexibility index (Phi) is 4.83. The lowest BCUT2D eigenvalue weighted by atomic mass is 10.2. The molecule has 2 amide bonds. The fourth-order valence-corrected chi connectivity index (χ4v) is 1.86. The molecule has 0 fully saturated rings. The summed E-state index contributed by atoms with van der Waals surface area (Å²) in [5, 5.41) is 14.2. The van der Waals surface area contributed by atoms with Gasteiger partial charge in [-0.1, -0.05) is 6.07 Å². The number of ether oxygens (including phenoxy) is 2. The zero-order valence-corrected chi connectivity index (χ0v) is 12.2. The van der Waals surface area contributed by atoms with E-state index in [0.717, 1.165) is 0 Å². The molecule has 0 spiro atoms. The van der Waals surface area contributed by atoms with E-state index < -0.39 is 6.03 Å². The van der Waals surface area contributed by atoms with Gasteiger partial charge in [-0.15, -0.1) is 0 Å². The first-order chi connectivity index (χ1) is 10.7. The van der Waals surface area contributed by atoms with Crippen LogP contribution < -0.4 is 20.1 Å². The smallest absolute Gasteiger partial charge is 0.323 e. The molecule has 0 aliphatic rings. The number of amides is 2. The van der Waals surface area contributed by atoms with Gasteiger partial charge in [0.05, 0.1) is 31.5 Å². The third-order valence-corrected chi connectivity index (χ3v) is 2.90. The van der Waals surface area contributed by atoms with Gasteiger partial charge in [0.2, 0.25) is 0 Å². The number of hydrogen-bond donors (Lipinski definition) is 2. The second kappa shape index (κ2) is 6.99.